The largest absolute Gasteiger partial charge is 0.543 e. The summed E-state index contributed by atoms with van der Waals surface area (Å²) in [6.07, 6.45) is 1.92. The van der Waals surface area contributed by atoms with Crippen molar-refractivity contribution in [2.75, 3.05) is 0 Å². The second-order valence-electron chi connectivity index (χ2n) is 6.25. The van der Waals surface area contributed by atoms with Gasteiger partial charge in [0.2, 0.25) is 8.32 Å². The topological polar surface area (TPSA) is 39.4 Å². The van der Waals surface area contributed by atoms with Gasteiger partial charge in [0, 0.05) is 6.20 Å². The van der Waals surface area contributed by atoms with Crippen LogP contribution in [0.3, 0.4) is 0 Å². The van der Waals surface area contributed by atoms with Crippen LogP contribution in [0, 0.1) is 13.8 Å². The summed E-state index contributed by atoms with van der Waals surface area (Å²) in [5.41, 5.74) is 3.01. The first-order valence-electron chi connectivity index (χ1n) is 7.12. The summed E-state index contributed by atoms with van der Waals surface area (Å²) in [6.45, 7) is 12.5. The molecule has 0 bridgehead atoms. The van der Waals surface area contributed by atoms with Gasteiger partial charge < -0.3 is 4.43 Å². The number of aliphatic imine (C=N–C) groups is 1. The van der Waals surface area contributed by atoms with Gasteiger partial charge in [-0.3, -0.25) is 0 Å². The van der Waals surface area contributed by atoms with E-state index in [4.69, 9.17) is 4.43 Å². The van der Waals surface area contributed by atoms with Gasteiger partial charge >= 0.3 is 0 Å². The summed E-state index contributed by atoms with van der Waals surface area (Å²) in [5, 5.41) is 4.38. The molecular formula is C16H23N3OSi. The van der Waals surface area contributed by atoms with Gasteiger partial charge in [-0.05, 0) is 64.2 Å². The minimum Gasteiger partial charge on any atom is -0.543 e. The highest BCUT2D eigenvalue weighted by Crippen LogP contribution is 2.31. The molecule has 2 aromatic rings. The zero-order valence-corrected chi connectivity index (χ0v) is 14.6. The van der Waals surface area contributed by atoms with Crippen LogP contribution in [0.2, 0.25) is 19.6 Å². The SMILES string of the molecule is CC(=Nc1ccc(C)cc1O[Si](C)(C)C)n1ccc(C)n1. The maximum Gasteiger partial charge on any atom is 0.242 e. The van der Waals surface area contributed by atoms with Crippen molar-refractivity contribution in [3.8, 4) is 5.75 Å². The molecule has 0 unspecified atom stereocenters. The number of aromatic nitrogens is 2. The molecule has 0 saturated carbocycles. The summed E-state index contributed by atoms with van der Waals surface area (Å²) in [6, 6.07) is 8.08. The van der Waals surface area contributed by atoms with Gasteiger partial charge in [-0.25, -0.2) is 9.67 Å². The maximum absolute atomic E-state index is 6.16. The Morgan fingerprint density at radius 3 is 2.48 bits per heavy atom. The zero-order chi connectivity index (χ0) is 15.6. The van der Waals surface area contributed by atoms with Gasteiger partial charge in [0.25, 0.3) is 0 Å². The average molecular weight is 301 g/mol. The third-order valence-corrected chi connectivity index (χ3v) is 3.70. The van der Waals surface area contributed by atoms with Crippen molar-refractivity contribution in [2.24, 2.45) is 4.99 Å². The Kier molecular flexibility index (Phi) is 4.32. The normalized spacial score (nSPS) is 12.6. The van der Waals surface area contributed by atoms with Crippen LogP contribution in [-0.4, -0.2) is 23.9 Å². The molecule has 4 nitrogen and oxygen atoms in total. The molecule has 0 atom stereocenters. The van der Waals surface area contributed by atoms with E-state index in [0.29, 0.717) is 0 Å². The maximum atomic E-state index is 6.16. The first kappa shape index (κ1) is 15.5. The van der Waals surface area contributed by atoms with E-state index < -0.39 is 8.32 Å². The Morgan fingerprint density at radius 2 is 1.90 bits per heavy atom. The lowest BCUT2D eigenvalue weighted by Gasteiger charge is -2.21. The molecule has 5 heteroatoms. The predicted octanol–water partition coefficient (Wildman–Crippen LogP) is 4.31. The Morgan fingerprint density at radius 1 is 1.19 bits per heavy atom. The van der Waals surface area contributed by atoms with Crippen LogP contribution >= 0.6 is 0 Å². The Hall–Kier alpha value is -1.88. The van der Waals surface area contributed by atoms with E-state index in [2.05, 4.69) is 48.8 Å². The highest BCUT2D eigenvalue weighted by molar-refractivity contribution is 6.70. The fourth-order valence-electron chi connectivity index (χ4n) is 1.95. The average Bonchev–Trinajstić information content (AvgIpc) is 2.77. The lowest BCUT2D eigenvalue weighted by Crippen LogP contribution is -2.29. The molecule has 21 heavy (non-hydrogen) atoms. The molecule has 0 aliphatic rings. The van der Waals surface area contributed by atoms with Gasteiger partial charge in [0.05, 0.1) is 5.69 Å². The van der Waals surface area contributed by atoms with Crippen molar-refractivity contribution in [1.82, 2.24) is 9.78 Å². The van der Waals surface area contributed by atoms with E-state index in [1.54, 1.807) is 4.68 Å². The lowest BCUT2D eigenvalue weighted by molar-refractivity contribution is 0.558. The Balaban J connectivity index is 2.39. The number of benzene rings is 1. The van der Waals surface area contributed by atoms with E-state index in [1.165, 1.54) is 5.56 Å². The molecule has 0 aliphatic carbocycles. The summed E-state index contributed by atoms with van der Waals surface area (Å²) in [4.78, 5) is 4.68. The molecule has 2 rings (SSSR count). The van der Waals surface area contributed by atoms with Crippen LogP contribution in [0.1, 0.15) is 18.2 Å². The van der Waals surface area contributed by atoms with Gasteiger partial charge in [-0.1, -0.05) is 6.07 Å². The van der Waals surface area contributed by atoms with Crippen molar-refractivity contribution in [2.45, 2.75) is 40.4 Å². The molecule has 0 amide bonds. The second kappa shape index (κ2) is 5.85. The van der Waals surface area contributed by atoms with Crippen LogP contribution in [0.15, 0.2) is 35.5 Å². The van der Waals surface area contributed by atoms with Crippen LogP contribution in [0.25, 0.3) is 0 Å². The Bertz CT molecular complexity index is 668. The quantitative estimate of drug-likeness (QED) is 0.481. The van der Waals surface area contributed by atoms with Gasteiger partial charge in [0.1, 0.15) is 17.3 Å². The van der Waals surface area contributed by atoms with E-state index in [-0.39, 0.29) is 0 Å². The van der Waals surface area contributed by atoms with Crippen LogP contribution in [-0.2, 0) is 0 Å². The van der Waals surface area contributed by atoms with Crippen LogP contribution < -0.4 is 4.43 Å². The molecular weight excluding hydrogens is 278 g/mol. The molecule has 0 fully saturated rings. The van der Waals surface area contributed by atoms with Crippen LogP contribution in [0.4, 0.5) is 5.69 Å². The molecule has 0 N–H and O–H groups in total. The van der Waals surface area contributed by atoms with E-state index >= 15 is 0 Å². The van der Waals surface area contributed by atoms with Crippen LogP contribution in [0.5, 0.6) is 5.75 Å². The molecule has 0 spiro atoms. The molecule has 1 aromatic carbocycles. The minimum atomic E-state index is -1.67. The Labute approximate surface area is 127 Å². The van der Waals surface area contributed by atoms with E-state index in [9.17, 15) is 0 Å². The standard InChI is InChI=1S/C16H23N3OSi/c1-12-7-8-15(16(11-12)20-21(4,5)6)17-14(3)19-10-9-13(2)18-19/h7-11H,1-6H3. The summed E-state index contributed by atoms with van der Waals surface area (Å²) >= 11 is 0. The highest BCUT2D eigenvalue weighted by Gasteiger charge is 2.18. The van der Waals surface area contributed by atoms with Crippen molar-refractivity contribution in [1.29, 1.82) is 0 Å². The minimum absolute atomic E-state index is 0.826. The molecule has 112 valence electrons. The third kappa shape index (κ3) is 4.29. The van der Waals surface area contributed by atoms with E-state index in [0.717, 1.165) is 23.0 Å². The second-order valence-corrected chi connectivity index (χ2v) is 10.7. The number of hydrogen-bond donors (Lipinski definition) is 0. The fraction of sp³-hybridized carbons (Fsp3) is 0.375. The monoisotopic (exact) mass is 301 g/mol. The smallest absolute Gasteiger partial charge is 0.242 e. The summed E-state index contributed by atoms with van der Waals surface area (Å²) in [7, 11) is -1.67. The molecule has 1 heterocycles. The van der Waals surface area contributed by atoms with Crippen molar-refractivity contribution < 1.29 is 4.43 Å². The zero-order valence-electron chi connectivity index (χ0n) is 13.6. The summed E-state index contributed by atoms with van der Waals surface area (Å²) < 4.78 is 7.94. The number of rotatable bonds is 3. The predicted molar refractivity (Wildman–Crippen MR) is 90.3 cm³/mol. The van der Waals surface area contributed by atoms with Gasteiger partial charge in [-0.15, -0.1) is 0 Å². The van der Waals surface area contributed by atoms with Gasteiger partial charge in [-0.2, -0.15) is 5.10 Å². The fourth-order valence-corrected chi connectivity index (χ4v) is 2.77. The number of nitrogens with zero attached hydrogens (tertiary/aromatic N) is 3. The van der Waals surface area contributed by atoms with Crippen molar-refractivity contribution in [3.05, 3.63) is 41.7 Å². The first-order valence-corrected chi connectivity index (χ1v) is 10.5. The molecule has 1 aromatic heterocycles. The summed E-state index contributed by atoms with van der Waals surface area (Å²) in [5.74, 6) is 1.68. The third-order valence-electron chi connectivity index (χ3n) is 2.87. The first-order chi connectivity index (χ1) is 9.74. The number of hydrogen-bond acceptors (Lipinski definition) is 3. The van der Waals surface area contributed by atoms with Gasteiger partial charge in [0.15, 0.2) is 0 Å². The molecule has 0 aliphatic heterocycles. The van der Waals surface area contributed by atoms with Crippen molar-refractivity contribution in [3.63, 3.8) is 0 Å². The highest BCUT2D eigenvalue weighted by atomic mass is 28.4. The number of aryl methyl sites for hydroxylation is 2. The lowest BCUT2D eigenvalue weighted by atomic mass is 10.2. The van der Waals surface area contributed by atoms with E-state index in [1.807, 2.05) is 32.2 Å². The van der Waals surface area contributed by atoms with Crippen molar-refractivity contribution >= 4 is 19.8 Å². The molecule has 0 saturated heterocycles. The molecule has 0 radical (unpaired) electrons.